The summed E-state index contributed by atoms with van der Waals surface area (Å²) in [6.07, 6.45) is -0.236. The largest absolute Gasteiger partial charge is 0.496 e. The summed E-state index contributed by atoms with van der Waals surface area (Å²) in [5, 5.41) is 10.3. The number of aliphatic hydroxyl groups excluding tert-OH is 1. The average molecular weight is 274 g/mol. The molecule has 2 rings (SSSR count). The van der Waals surface area contributed by atoms with Crippen LogP contribution in [0, 0.1) is 5.82 Å². The first kappa shape index (κ1) is 14.5. The van der Waals surface area contributed by atoms with Gasteiger partial charge in [-0.2, -0.15) is 0 Å². The number of ether oxygens (including phenoxy) is 1. The maximum absolute atomic E-state index is 13.3. The Labute approximate surface area is 118 Å². The maximum Gasteiger partial charge on any atom is 0.124 e. The molecule has 2 atom stereocenters. The molecule has 3 heteroatoms. The number of hydrogen-bond donors (Lipinski definition) is 1. The molecule has 0 aromatic heterocycles. The highest BCUT2D eigenvalue weighted by Crippen LogP contribution is 2.33. The van der Waals surface area contributed by atoms with Crippen LogP contribution in [0.15, 0.2) is 48.5 Å². The molecule has 20 heavy (non-hydrogen) atoms. The van der Waals surface area contributed by atoms with Gasteiger partial charge in [0.2, 0.25) is 0 Å². The summed E-state index contributed by atoms with van der Waals surface area (Å²) >= 11 is 0. The lowest BCUT2D eigenvalue weighted by molar-refractivity contribution is 0.155. The van der Waals surface area contributed by atoms with Crippen LogP contribution in [0.2, 0.25) is 0 Å². The molecule has 0 spiro atoms. The first-order valence-electron chi connectivity index (χ1n) is 6.68. The molecule has 0 radical (unpaired) electrons. The molecule has 0 saturated heterocycles. The third kappa shape index (κ3) is 3.36. The summed E-state index contributed by atoms with van der Waals surface area (Å²) < 4.78 is 18.5. The third-order valence-electron chi connectivity index (χ3n) is 3.50. The van der Waals surface area contributed by atoms with E-state index >= 15 is 0 Å². The molecule has 2 aromatic carbocycles. The Hall–Kier alpha value is -1.87. The zero-order valence-electron chi connectivity index (χ0n) is 11.7. The molecule has 0 aliphatic carbocycles. The second kappa shape index (κ2) is 6.53. The van der Waals surface area contributed by atoms with Crippen molar-refractivity contribution >= 4 is 0 Å². The number of methoxy groups -OCH3 is 1. The first-order chi connectivity index (χ1) is 9.61. The Morgan fingerprint density at radius 2 is 1.85 bits per heavy atom. The van der Waals surface area contributed by atoms with Crippen LogP contribution in [0.3, 0.4) is 0 Å². The first-order valence-corrected chi connectivity index (χ1v) is 6.68. The molecule has 0 heterocycles. The van der Waals surface area contributed by atoms with Gasteiger partial charge in [0.1, 0.15) is 11.6 Å². The number of aliphatic hydroxyl groups is 1. The van der Waals surface area contributed by atoms with Crippen molar-refractivity contribution in [1.29, 1.82) is 0 Å². The van der Waals surface area contributed by atoms with Gasteiger partial charge < -0.3 is 9.84 Å². The van der Waals surface area contributed by atoms with Gasteiger partial charge in [-0.05, 0) is 36.1 Å². The molecular formula is C17H19FO2. The monoisotopic (exact) mass is 274 g/mol. The Bertz CT molecular complexity index is 554. The minimum atomic E-state index is -0.754. The van der Waals surface area contributed by atoms with Gasteiger partial charge in [-0.15, -0.1) is 0 Å². The van der Waals surface area contributed by atoms with Crippen LogP contribution in [0.1, 0.15) is 36.5 Å². The van der Waals surface area contributed by atoms with Crippen LogP contribution in [0.5, 0.6) is 5.75 Å². The van der Waals surface area contributed by atoms with Crippen molar-refractivity contribution in [3.63, 3.8) is 0 Å². The predicted molar refractivity (Wildman–Crippen MR) is 77.4 cm³/mol. The fourth-order valence-electron chi connectivity index (χ4n) is 2.35. The summed E-state index contributed by atoms with van der Waals surface area (Å²) in [6.45, 7) is 2.05. The lowest BCUT2D eigenvalue weighted by atomic mass is 9.92. The molecule has 1 N–H and O–H groups in total. The lowest BCUT2D eigenvalue weighted by Crippen LogP contribution is -2.06. The molecule has 0 aliphatic heterocycles. The van der Waals surface area contributed by atoms with E-state index in [1.54, 1.807) is 6.07 Å². The minimum Gasteiger partial charge on any atom is -0.496 e. The Morgan fingerprint density at radius 3 is 2.50 bits per heavy atom. The van der Waals surface area contributed by atoms with E-state index < -0.39 is 6.10 Å². The highest BCUT2D eigenvalue weighted by atomic mass is 19.1. The highest BCUT2D eigenvalue weighted by molar-refractivity contribution is 5.36. The van der Waals surface area contributed by atoms with E-state index in [2.05, 4.69) is 0 Å². The molecule has 0 bridgehead atoms. The van der Waals surface area contributed by atoms with Gasteiger partial charge in [0.25, 0.3) is 0 Å². The van der Waals surface area contributed by atoms with Crippen molar-refractivity contribution in [1.82, 2.24) is 0 Å². The summed E-state index contributed by atoms with van der Waals surface area (Å²) in [7, 11) is 1.52. The SMILES string of the molecule is COc1ccc(F)cc1C(O)CC(C)c1ccccc1. The number of halogens is 1. The summed E-state index contributed by atoms with van der Waals surface area (Å²) in [5.41, 5.74) is 1.65. The van der Waals surface area contributed by atoms with Crippen LogP contribution in [-0.4, -0.2) is 12.2 Å². The van der Waals surface area contributed by atoms with E-state index in [9.17, 15) is 9.50 Å². The van der Waals surface area contributed by atoms with Gasteiger partial charge in [0.05, 0.1) is 13.2 Å². The fourth-order valence-corrected chi connectivity index (χ4v) is 2.35. The molecule has 0 fully saturated rings. The molecule has 106 valence electrons. The minimum absolute atomic E-state index is 0.180. The molecule has 2 aromatic rings. The van der Waals surface area contributed by atoms with E-state index in [1.807, 2.05) is 37.3 Å². The quantitative estimate of drug-likeness (QED) is 0.891. The van der Waals surface area contributed by atoms with Gasteiger partial charge >= 0.3 is 0 Å². The van der Waals surface area contributed by atoms with E-state index in [-0.39, 0.29) is 11.7 Å². The Balaban J connectivity index is 2.16. The zero-order chi connectivity index (χ0) is 14.5. The van der Waals surface area contributed by atoms with Crippen molar-refractivity contribution < 1.29 is 14.2 Å². The Morgan fingerprint density at radius 1 is 1.15 bits per heavy atom. The summed E-state index contributed by atoms with van der Waals surface area (Å²) in [5.74, 6) is 0.325. The van der Waals surface area contributed by atoms with E-state index in [1.165, 1.54) is 19.2 Å². The average Bonchev–Trinajstić information content (AvgIpc) is 2.48. The lowest BCUT2D eigenvalue weighted by Gasteiger charge is -2.19. The molecule has 0 aliphatic rings. The zero-order valence-corrected chi connectivity index (χ0v) is 11.7. The van der Waals surface area contributed by atoms with Crippen molar-refractivity contribution in [3.8, 4) is 5.75 Å². The summed E-state index contributed by atoms with van der Waals surface area (Å²) in [6, 6.07) is 14.2. The molecule has 0 saturated carbocycles. The van der Waals surface area contributed by atoms with Gasteiger partial charge in [0, 0.05) is 5.56 Å². The number of benzene rings is 2. The van der Waals surface area contributed by atoms with E-state index in [4.69, 9.17) is 4.74 Å². The normalized spacial score (nSPS) is 13.8. The Kier molecular flexibility index (Phi) is 4.74. The number of hydrogen-bond acceptors (Lipinski definition) is 2. The van der Waals surface area contributed by atoms with Crippen LogP contribution < -0.4 is 4.74 Å². The number of rotatable bonds is 5. The highest BCUT2D eigenvalue weighted by Gasteiger charge is 2.18. The third-order valence-corrected chi connectivity index (χ3v) is 3.50. The topological polar surface area (TPSA) is 29.5 Å². The predicted octanol–water partition coefficient (Wildman–Crippen LogP) is 4.06. The second-order valence-corrected chi connectivity index (χ2v) is 4.95. The van der Waals surface area contributed by atoms with Gasteiger partial charge in [0.15, 0.2) is 0 Å². The molecule has 2 nitrogen and oxygen atoms in total. The van der Waals surface area contributed by atoms with Gasteiger partial charge in [-0.3, -0.25) is 0 Å². The van der Waals surface area contributed by atoms with E-state index in [0.717, 1.165) is 5.56 Å². The van der Waals surface area contributed by atoms with Gasteiger partial charge in [-0.1, -0.05) is 37.3 Å². The standard InChI is InChI=1S/C17H19FO2/c1-12(13-6-4-3-5-7-13)10-16(19)15-11-14(18)8-9-17(15)20-2/h3-9,11-12,16,19H,10H2,1-2H3. The summed E-state index contributed by atoms with van der Waals surface area (Å²) in [4.78, 5) is 0. The van der Waals surface area contributed by atoms with Crippen LogP contribution in [0.25, 0.3) is 0 Å². The molecular weight excluding hydrogens is 255 g/mol. The van der Waals surface area contributed by atoms with Crippen molar-refractivity contribution in [3.05, 3.63) is 65.5 Å². The molecule has 0 amide bonds. The van der Waals surface area contributed by atoms with E-state index in [0.29, 0.717) is 17.7 Å². The fraction of sp³-hybridized carbons (Fsp3) is 0.294. The van der Waals surface area contributed by atoms with Crippen molar-refractivity contribution in [2.45, 2.75) is 25.4 Å². The van der Waals surface area contributed by atoms with Crippen molar-refractivity contribution in [2.75, 3.05) is 7.11 Å². The van der Waals surface area contributed by atoms with Gasteiger partial charge in [-0.25, -0.2) is 4.39 Å². The van der Waals surface area contributed by atoms with Crippen LogP contribution in [-0.2, 0) is 0 Å². The smallest absolute Gasteiger partial charge is 0.124 e. The molecule has 2 unspecified atom stereocenters. The van der Waals surface area contributed by atoms with Crippen molar-refractivity contribution in [2.24, 2.45) is 0 Å². The van der Waals surface area contributed by atoms with Crippen LogP contribution in [0.4, 0.5) is 4.39 Å². The van der Waals surface area contributed by atoms with Crippen LogP contribution >= 0.6 is 0 Å². The second-order valence-electron chi connectivity index (χ2n) is 4.95. The maximum atomic E-state index is 13.3.